The maximum atomic E-state index is 13.7. The first-order valence-corrected chi connectivity index (χ1v) is 12.4. The van der Waals surface area contributed by atoms with Crippen molar-refractivity contribution in [2.45, 2.75) is 25.6 Å². The Morgan fingerprint density at radius 3 is 2.46 bits per heavy atom. The van der Waals surface area contributed by atoms with Gasteiger partial charge in [-0.25, -0.2) is 4.79 Å². The average Bonchev–Trinajstić information content (AvgIpc) is 3.25. The minimum atomic E-state index is -0.839. The van der Waals surface area contributed by atoms with Crippen LogP contribution < -0.4 is 5.32 Å². The van der Waals surface area contributed by atoms with E-state index in [-0.39, 0.29) is 18.4 Å². The van der Waals surface area contributed by atoms with Gasteiger partial charge in [-0.3, -0.25) is 14.5 Å². The number of aryl methyl sites for hydroxylation is 1. The van der Waals surface area contributed by atoms with Crippen molar-refractivity contribution in [3.63, 3.8) is 0 Å². The Bertz CT molecular complexity index is 1290. The van der Waals surface area contributed by atoms with E-state index in [1.54, 1.807) is 29.2 Å². The van der Waals surface area contributed by atoms with Gasteiger partial charge in [-0.1, -0.05) is 60.2 Å². The molecular formula is C29H29N3O5. The molecule has 37 heavy (non-hydrogen) atoms. The first kappa shape index (κ1) is 24.5. The minimum Gasteiger partial charge on any atom is -0.438 e. The summed E-state index contributed by atoms with van der Waals surface area (Å²) in [5.41, 5.74) is 3.63. The number of carbonyl (C=O) groups is 3. The Morgan fingerprint density at radius 2 is 1.70 bits per heavy atom. The summed E-state index contributed by atoms with van der Waals surface area (Å²) in [5.74, 6) is -0.416. The number of rotatable bonds is 6. The highest BCUT2D eigenvalue weighted by Gasteiger charge is 2.48. The van der Waals surface area contributed by atoms with Crippen LogP contribution in [0.4, 0.5) is 10.5 Å². The number of benzene rings is 3. The molecule has 2 unspecified atom stereocenters. The molecule has 5 rings (SSSR count). The van der Waals surface area contributed by atoms with Crippen LogP contribution in [-0.2, 0) is 20.8 Å². The van der Waals surface area contributed by atoms with Crippen LogP contribution >= 0.6 is 0 Å². The van der Waals surface area contributed by atoms with Crippen LogP contribution in [0, 0.1) is 6.92 Å². The predicted molar refractivity (Wildman–Crippen MR) is 138 cm³/mol. The number of amides is 3. The van der Waals surface area contributed by atoms with Crippen LogP contribution in [0.5, 0.6) is 0 Å². The van der Waals surface area contributed by atoms with Gasteiger partial charge in [0, 0.05) is 24.3 Å². The predicted octanol–water partition coefficient (Wildman–Crippen LogP) is 4.17. The lowest BCUT2D eigenvalue weighted by molar-refractivity contribution is -0.141. The molecule has 8 heteroatoms. The van der Waals surface area contributed by atoms with Crippen molar-refractivity contribution in [2.24, 2.45) is 0 Å². The second-order valence-electron chi connectivity index (χ2n) is 9.25. The molecule has 0 saturated carbocycles. The number of hydrogen-bond donors (Lipinski definition) is 1. The van der Waals surface area contributed by atoms with Crippen molar-refractivity contribution in [2.75, 3.05) is 31.6 Å². The molecule has 3 amide bonds. The Hall–Kier alpha value is -4.17. The summed E-state index contributed by atoms with van der Waals surface area (Å²) in [6.45, 7) is 4.01. The lowest BCUT2D eigenvalue weighted by Crippen LogP contribution is -2.51. The summed E-state index contributed by atoms with van der Waals surface area (Å²) >= 11 is 0. The Kier molecular flexibility index (Phi) is 7.18. The summed E-state index contributed by atoms with van der Waals surface area (Å²) in [4.78, 5) is 42.8. The Morgan fingerprint density at radius 1 is 0.946 bits per heavy atom. The van der Waals surface area contributed by atoms with Crippen LogP contribution in [0.2, 0.25) is 0 Å². The molecule has 2 atom stereocenters. The molecule has 2 heterocycles. The van der Waals surface area contributed by atoms with E-state index in [2.05, 4.69) is 5.32 Å². The van der Waals surface area contributed by atoms with Gasteiger partial charge in [0.25, 0.3) is 5.91 Å². The van der Waals surface area contributed by atoms with E-state index in [4.69, 9.17) is 9.47 Å². The molecule has 2 aliphatic heterocycles. The van der Waals surface area contributed by atoms with E-state index in [9.17, 15) is 14.4 Å². The van der Waals surface area contributed by atoms with Gasteiger partial charge < -0.3 is 19.7 Å². The maximum absolute atomic E-state index is 13.7. The molecule has 0 spiro atoms. The third kappa shape index (κ3) is 5.49. The smallest absolute Gasteiger partial charge is 0.411 e. The number of anilines is 1. The third-order valence-electron chi connectivity index (χ3n) is 6.61. The number of nitrogens with one attached hydrogen (secondary N) is 1. The monoisotopic (exact) mass is 499 g/mol. The van der Waals surface area contributed by atoms with E-state index >= 15 is 0 Å². The number of hydrogen-bond acceptors (Lipinski definition) is 5. The van der Waals surface area contributed by atoms with Gasteiger partial charge in [0.1, 0.15) is 0 Å². The van der Waals surface area contributed by atoms with Gasteiger partial charge in [-0.05, 0) is 42.3 Å². The molecule has 8 nitrogen and oxygen atoms in total. The molecule has 3 aromatic carbocycles. The minimum absolute atomic E-state index is 0.177. The molecule has 0 radical (unpaired) electrons. The molecule has 2 fully saturated rings. The summed E-state index contributed by atoms with van der Waals surface area (Å²) in [5, 5.41) is 2.91. The van der Waals surface area contributed by atoms with E-state index in [0.29, 0.717) is 43.1 Å². The van der Waals surface area contributed by atoms with Crippen LogP contribution in [-0.4, -0.2) is 60.1 Å². The zero-order chi connectivity index (χ0) is 25.8. The fraction of sp³-hybridized carbons (Fsp3) is 0.276. The number of ether oxygens (including phenoxy) is 2. The first-order chi connectivity index (χ1) is 18.0. The molecule has 2 aliphatic rings. The fourth-order valence-corrected chi connectivity index (χ4v) is 4.73. The fourth-order valence-electron chi connectivity index (χ4n) is 4.73. The molecule has 3 aromatic rings. The molecule has 1 N–H and O–H groups in total. The van der Waals surface area contributed by atoms with Gasteiger partial charge >= 0.3 is 6.09 Å². The second-order valence-corrected chi connectivity index (χ2v) is 9.25. The van der Waals surface area contributed by atoms with Crippen molar-refractivity contribution in [1.29, 1.82) is 0 Å². The molecular weight excluding hydrogens is 470 g/mol. The second kappa shape index (κ2) is 10.8. The van der Waals surface area contributed by atoms with Gasteiger partial charge in [0.2, 0.25) is 5.91 Å². The molecule has 0 aromatic heterocycles. The van der Waals surface area contributed by atoms with Crippen molar-refractivity contribution >= 4 is 23.6 Å². The van der Waals surface area contributed by atoms with E-state index in [0.717, 1.165) is 11.1 Å². The largest absolute Gasteiger partial charge is 0.438 e. The molecule has 0 aliphatic carbocycles. The number of carbonyl (C=O) groups excluding carboxylic acids is 3. The van der Waals surface area contributed by atoms with Crippen LogP contribution in [0.3, 0.4) is 0 Å². The summed E-state index contributed by atoms with van der Waals surface area (Å²) in [6, 6.07) is 23.1. The summed E-state index contributed by atoms with van der Waals surface area (Å²) in [6.07, 6.45) is -1.36. The van der Waals surface area contributed by atoms with Crippen LogP contribution in [0.25, 0.3) is 0 Å². The molecule has 2 saturated heterocycles. The normalized spacial score (nSPS) is 19.4. The lowest BCUT2D eigenvalue weighted by Gasteiger charge is -2.33. The number of morpholine rings is 1. The van der Waals surface area contributed by atoms with Gasteiger partial charge in [0.15, 0.2) is 12.1 Å². The quantitative estimate of drug-likeness (QED) is 0.550. The SMILES string of the molecule is Cc1cccc(C(=O)Nc2cccc(C3OC(=O)N(Cc4ccccc4)C3C(=O)N3CCOCC3)c2)c1. The third-order valence-corrected chi connectivity index (χ3v) is 6.61. The first-order valence-electron chi connectivity index (χ1n) is 12.4. The van der Waals surface area contributed by atoms with E-state index in [1.807, 2.05) is 61.5 Å². The zero-order valence-corrected chi connectivity index (χ0v) is 20.6. The van der Waals surface area contributed by atoms with Crippen molar-refractivity contribution in [3.8, 4) is 0 Å². The molecule has 190 valence electrons. The topological polar surface area (TPSA) is 88.2 Å². The Labute approximate surface area is 215 Å². The van der Waals surface area contributed by atoms with E-state index in [1.165, 1.54) is 4.90 Å². The average molecular weight is 500 g/mol. The van der Waals surface area contributed by atoms with Crippen molar-refractivity contribution in [3.05, 3.63) is 101 Å². The van der Waals surface area contributed by atoms with Gasteiger partial charge in [-0.2, -0.15) is 0 Å². The van der Waals surface area contributed by atoms with Gasteiger partial charge in [0.05, 0.1) is 19.8 Å². The van der Waals surface area contributed by atoms with Crippen molar-refractivity contribution in [1.82, 2.24) is 9.80 Å². The standard InChI is InChI=1S/C29H29N3O5/c1-20-7-5-11-23(17-20)27(33)30-24-12-6-10-22(18-24)26-25(28(34)31-13-15-36-16-14-31)32(29(35)37-26)19-21-8-3-2-4-9-21/h2-12,17-18,25-26H,13-16,19H2,1H3,(H,30,33). The van der Waals surface area contributed by atoms with Crippen LogP contribution in [0.1, 0.15) is 33.2 Å². The maximum Gasteiger partial charge on any atom is 0.411 e. The lowest BCUT2D eigenvalue weighted by atomic mass is 9.99. The summed E-state index contributed by atoms with van der Waals surface area (Å²) < 4.78 is 11.2. The van der Waals surface area contributed by atoms with Crippen molar-refractivity contribution < 1.29 is 23.9 Å². The van der Waals surface area contributed by atoms with E-state index < -0.39 is 18.2 Å². The zero-order valence-electron chi connectivity index (χ0n) is 20.6. The number of cyclic esters (lactones) is 1. The highest BCUT2D eigenvalue weighted by atomic mass is 16.6. The number of nitrogens with zero attached hydrogens (tertiary/aromatic N) is 2. The van der Waals surface area contributed by atoms with Gasteiger partial charge in [-0.15, -0.1) is 0 Å². The highest BCUT2D eigenvalue weighted by Crippen LogP contribution is 2.36. The highest BCUT2D eigenvalue weighted by molar-refractivity contribution is 6.04. The summed E-state index contributed by atoms with van der Waals surface area (Å²) in [7, 11) is 0. The Balaban J connectivity index is 1.43. The van der Waals surface area contributed by atoms with Crippen LogP contribution in [0.15, 0.2) is 78.9 Å². The molecule has 0 bridgehead atoms.